The molecular formula is C14H19NO3S. The third-order valence-electron chi connectivity index (χ3n) is 4.50. The number of aryl methyl sites for hydroxylation is 1. The maximum atomic E-state index is 12.6. The standard InChI is InChI=1S/C14H19NO3S/c1-10-2-4-14(5-3-10)19(17,18)15-8-11-6-13(15)7-12(11)9-16/h2-5,11-13,16H,6-9H2,1H3/t11-,12+,13-/m1/s1. The highest BCUT2D eigenvalue weighted by Gasteiger charge is 2.48. The molecule has 2 bridgehead atoms. The van der Waals surface area contributed by atoms with Crippen LogP contribution >= 0.6 is 0 Å². The molecule has 3 atom stereocenters. The van der Waals surface area contributed by atoms with E-state index < -0.39 is 10.0 Å². The van der Waals surface area contributed by atoms with Crippen molar-refractivity contribution in [3.05, 3.63) is 29.8 Å². The highest BCUT2D eigenvalue weighted by molar-refractivity contribution is 7.89. The van der Waals surface area contributed by atoms with Crippen molar-refractivity contribution in [2.24, 2.45) is 11.8 Å². The number of nitrogens with zero attached hydrogens (tertiary/aromatic N) is 1. The van der Waals surface area contributed by atoms with Gasteiger partial charge in [0.2, 0.25) is 10.0 Å². The smallest absolute Gasteiger partial charge is 0.243 e. The minimum atomic E-state index is -3.37. The second-order valence-corrected chi connectivity index (χ2v) is 7.61. The van der Waals surface area contributed by atoms with Gasteiger partial charge in [0.1, 0.15) is 0 Å². The maximum Gasteiger partial charge on any atom is 0.243 e. The Kier molecular flexibility index (Phi) is 3.15. The van der Waals surface area contributed by atoms with Crippen LogP contribution in [0.2, 0.25) is 0 Å². The van der Waals surface area contributed by atoms with Gasteiger partial charge >= 0.3 is 0 Å². The number of rotatable bonds is 3. The molecule has 1 saturated carbocycles. The molecule has 2 fully saturated rings. The summed E-state index contributed by atoms with van der Waals surface area (Å²) in [5.41, 5.74) is 1.06. The van der Waals surface area contributed by atoms with Gasteiger partial charge in [-0.05, 0) is 43.7 Å². The molecule has 19 heavy (non-hydrogen) atoms. The molecule has 5 heteroatoms. The summed E-state index contributed by atoms with van der Waals surface area (Å²) in [5, 5.41) is 9.26. The molecule has 1 heterocycles. The second-order valence-electron chi connectivity index (χ2n) is 5.72. The molecule has 4 nitrogen and oxygen atoms in total. The van der Waals surface area contributed by atoms with E-state index in [2.05, 4.69) is 0 Å². The topological polar surface area (TPSA) is 57.6 Å². The Morgan fingerprint density at radius 1 is 1.26 bits per heavy atom. The molecule has 1 aromatic carbocycles. The van der Waals surface area contributed by atoms with E-state index in [9.17, 15) is 13.5 Å². The van der Waals surface area contributed by atoms with Crippen molar-refractivity contribution >= 4 is 10.0 Å². The number of aliphatic hydroxyl groups excluding tert-OH is 1. The minimum absolute atomic E-state index is 0.0773. The first-order valence-electron chi connectivity index (χ1n) is 6.71. The minimum Gasteiger partial charge on any atom is -0.396 e. The molecule has 3 rings (SSSR count). The summed E-state index contributed by atoms with van der Waals surface area (Å²) in [4.78, 5) is 0.381. The summed E-state index contributed by atoms with van der Waals surface area (Å²) >= 11 is 0. The lowest BCUT2D eigenvalue weighted by Gasteiger charge is -2.29. The second kappa shape index (κ2) is 4.58. The number of benzene rings is 1. The summed E-state index contributed by atoms with van der Waals surface area (Å²) in [6.45, 7) is 2.69. The number of fused-ring (bicyclic) bond motifs is 2. The summed E-state index contributed by atoms with van der Waals surface area (Å²) in [5.74, 6) is 0.615. The van der Waals surface area contributed by atoms with E-state index in [0.717, 1.165) is 18.4 Å². The lowest BCUT2D eigenvalue weighted by Crippen LogP contribution is -2.40. The van der Waals surface area contributed by atoms with E-state index in [4.69, 9.17) is 0 Å². The van der Waals surface area contributed by atoms with E-state index >= 15 is 0 Å². The van der Waals surface area contributed by atoms with E-state index in [1.54, 1.807) is 16.4 Å². The molecule has 2 aliphatic rings. The van der Waals surface area contributed by atoms with Crippen LogP contribution in [0, 0.1) is 18.8 Å². The Morgan fingerprint density at radius 3 is 2.47 bits per heavy atom. The predicted molar refractivity (Wildman–Crippen MR) is 72.2 cm³/mol. The Hall–Kier alpha value is -0.910. The Morgan fingerprint density at radius 2 is 1.95 bits per heavy atom. The fraction of sp³-hybridized carbons (Fsp3) is 0.571. The van der Waals surface area contributed by atoms with Crippen LogP contribution in [0.4, 0.5) is 0 Å². The van der Waals surface area contributed by atoms with Crippen molar-refractivity contribution in [3.63, 3.8) is 0 Å². The summed E-state index contributed by atoms with van der Waals surface area (Å²) < 4.78 is 26.8. The first kappa shape index (κ1) is 13.1. The number of sulfonamides is 1. The Bertz CT molecular complexity index is 567. The van der Waals surface area contributed by atoms with Gasteiger partial charge in [0.15, 0.2) is 0 Å². The molecule has 1 N–H and O–H groups in total. The largest absolute Gasteiger partial charge is 0.396 e. The van der Waals surface area contributed by atoms with Crippen LogP contribution in [0.3, 0.4) is 0 Å². The number of hydrogen-bond donors (Lipinski definition) is 1. The van der Waals surface area contributed by atoms with E-state index in [1.807, 2.05) is 19.1 Å². The monoisotopic (exact) mass is 281 g/mol. The zero-order chi connectivity index (χ0) is 13.6. The van der Waals surface area contributed by atoms with Gasteiger partial charge in [-0.15, -0.1) is 0 Å². The predicted octanol–water partition coefficient (Wildman–Crippen LogP) is 1.39. The third kappa shape index (κ3) is 2.10. The van der Waals surface area contributed by atoms with Gasteiger partial charge in [-0.2, -0.15) is 4.31 Å². The lowest BCUT2D eigenvalue weighted by atomic mass is 9.96. The Balaban J connectivity index is 1.85. The molecule has 1 aliphatic heterocycles. The van der Waals surface area contributed by atoms with Gasteiger partial charge in [-0.25, -0.2) is 8.42 Å². The average Bonchev–Trinajstić information content (AvgIpc) is 2.98. The first-order valence-corrected chi connectivity index (χ1v) is 8.15. The fourth-order valence-electron chi connectivity index (χ4n) is 3.38. The summed E-state index contributed by atoms with van der Waals surface area (Å²) in [6, 6.07) is 7.10. The van der Waals surface area contributed by atoms with Crippen LogP contribution in [-0.4, -0.2) is 37.0 Å². The van der Waals surface area contributed by atoms with E-state index in [1.165, 1.54) is 0 Å². The molecule has 0 amide bonds. The number of hydrogen-bond acceptors (Lipinski definition) is 3. The third-order valence-corrected chi connectivity index (χ3v) is 6.43. The Labute approximate surface area is 114 Å². The normalized spacial score (nSPS) is 30.9. The number of piperidine rings is 1. The van der Waals surface area contributed by atoms with Crippen LogP contribution in [0.5, 0.6) is 0 Å². The van der Waals surface area contributed by atoms with Crippen molar-refractivity contribution in [3.8, 4) is 0 Å². The van der Waals surface area contributed by atoms with Crippen LogP contribution in [0.25, 0.3) is 0 Å². The maximum absolute atomic E-state index is 12.6. The van der Waals surface area contributed by atoms with Gasteiger partial charge in [0.25, 0.3) is 0 Å². The zero-order valence-electron chi connectivity index (χ0n) is 11.0. The molecule has 1 aliphatic carbocycles. The van der Waals surface area contributed by atoms with Crippen molar-refractivity contribution < 1.29 is 13.5 Å². The quantitative estimate of drug-likeness (QED) is 0.911. The van der Waals surface area contributed by atoms with E-state index in [-0.39, 0.29) is 18.6 Å². The average molecular weight is 281 g/mol. The molecule has 104 valence electrons. The van der Waals surface area contributed by atoms with Crippen molar-refractivity contribution in [2.45, 2.75) is 30.7 Å². The lowest BCUT2D eigenvalue weighted by molar-refractivity contribution is 0.161. The molecule has 0 aromatic heterocycles. The van der Waals surface area contributed by atoms with Crippen LogP contribution in [0.15, 0.2) is 29.2 Å². The van der Waals surface area contributed by atoms with Crippen LogP contribution in [-0.2, 0) is 10.0 Å². The summed E-state index contributed by atoms with van der Waals surface area (Å²) in [7, 11) is -3.37. The van der Waals surface area contributed by atoms with Gasteiger partial charge in [-0.3, -0.25) is 0 Å². The van der Waals surface area contributed by atoms with Crippen molar-refractivity contribution in [2.75, 3.05) is 13.2 Å². The van der Waals surface area contributed by atoms with E-state index in [0.29, 0.717) is 17.4 Å². The fourth-order valence-corrected chi connectivity index (χ4v) is 5.09. The van der Waals surface area contributed by atoms with Gasteiger partial charge in [0, 0.05) is 19.2 Å². The van der Waals surface area contributed by atoms with Gasteiger partial charge in [-0.1, -0.05) is 17.7 Å². The van der Waals surface area contributed by atoms with Crippen LogP contribution in [0.1, 0.15) is 18.4 Å². The first-order chi connectivity index (χ1) is 9.02. The molecule has 0 spiro atoms. The van der Waals surface area contributed by atoms with Crippen molar-refractivity contribution in [1.29, 1.82) is 0 Å². The highest BCUT2D eigenvalue weighted by Crippen LogP contribution is 2.44. The van der Waals surface area contributed by atoms with Crippen LogP contribution < -0.4 is 0 Å². The highest BCUT2D eigenvalue weighted by atomic mass is 32.2. The molecule has 0 radical (unpaired) electrons. The van der Waals surface area contributed by atoms with Gasteiger partial charge in [0.05, 0.1) is 4.90 Å². The molecular weight excluding hydrogens is 262 g/mol. The number of aliphatic hydroxyl groups is 1. The molecule has 1 saturated heterocycles. The summed E-state index contributed by atoms with van der Waals surface area (Å²) in [6.07, 6.45) is 1.70. The van der Waals surface area contributed by atoms with Crippen molar-refractivity contribution in [1.82, 2.24) is 4.31 Å². The molecule has 1 aromatic rings. The molecule has 0 unspecified atom stereocenters. The SMILES string of the molecule is Cc1ccc(S(=O)(=O)N2C[C@H]3C[C@@H]2C[C@H]3CO)cc1. The van der Waals surface area contributed by atoms with Gasteiger partial charge < -0.3 is 5.11 Å². The zero-order valence-corrected chi connectivity index (χ0v) is 11.8.